The highest BCUT2D eigenvalue weighted by Gasteiger charge is 2.23. The van der Waals surface area contributed by atoms with Crippen molar-refractivity contribution in [2.24, 2.45) is 0 Å². The number of fused-ring (bicyclic) bond motifs is 1. The van der Waals surface area contributed by atoms with Gasteiger partial charge in [-0.2, -0.15) is 0 Å². The van der Waals surface area contributed by atoms with Gasteiger partial charge in [0.2, 0.25) is 5.91 Å². The molecule has 0 bridgehead atoms. The molecule has 0 saturated carbocycles. The number of benzene rings is 2. The van der Waals surface area contributed by atoms with Gasteiger partial charge in [0, 0.05) is 11.4 Å². The Morgan fingerprint density at radius 3 is 2.48 bits per heavy atom. The van der Waals surface area contributed by atoms with Crippen LogP contribution in [0.1, 0.15) is 42.2 Å². The van der Waals surface area contributed by atoms with E-state index in [2.05, 4.69) is 52.0 Å². The van der Waals surface area contributed by atoms with Crippen LogP contribution >= 0.6 is 23.7 Å². The zero-order valence-electron chi connectivity index (χ0n) is 16.7. The lowest BCUT2D eigenvalue weighted by Crippen LogP contribution is -2.38. The van der Waals surface area contributed by atoms with Gasteiger partial charge in [-0.05, 0) is 53.7 Å². The van der Waals surface area contributed by atoms with Crippen molar-refractivity contribution in [2.75, 3.05) is 19.6 Å². The number of likely N-dealkylation sites (tertiary alicyclic amines) is 1. The number of nitrogens with one attached hydrogen (secondary N) is 1. The van der Waals surface area contributed by atoms with Crippen LogP contribution in [0.5, 0.6) is 0 Å². The Labute approximate surface area is 183 Å². The van der Waals surface area contributed by atoms with Crippen molar-refractivity contribution in [2.45, 2.75) is 38.1 Å². The third kappa shape index (κ3) is 5.59. The molecule has 1 aliphatic heterocycles. The van der Waals surface area contributed by atoms with Crippen LogP contribution in [0.15, 0.2) is 60.0 Å². The number of hydrogen-bond donors (Lipinski definition) is 1. The molecular weight excluding hydrogens is 400 g/mol. The minimum Gasteiger partial charge on any atom is -0.354 e. The van der Waals surface area contributed by atoms with E-state index >= 15 is 0 Å². The number of nitrogens with zero attached hydrogens (tertiary/aromatic N) is 1. The summed E-state index contributed by atoms with van der Waals surface area (Å²) in [5.41, 5.74) is 1.10. The van der Waals surface area contributed by atoms with E-state index in [4.69, 9.17) is 0 Å². The van der Waals surface area contributed by atoms with Crippen LogP contribution in [0.3, 0.4) is 0 Å². The van der Waals surface area contributed by atoms with Crippen LogP contribution in [0, 0.1) is 0 Å². The number of amides is 1. The van der Waals surface area contributed by atoms with E-state index in [1.54, 1.807) is 11.3 Å². The van der Waals surface area contributed by atoms with Gasteiger partial charge >= 0.3 is 0 Å². The van der Waals surface area contributed by atoms with Gasteiger partial charge < -0.3 is 5.32 Å². The van der Waals surface area contributed by atoms with Gasteiger partial charge in [-0.25, -0.2) is 0 Å². The van der Waals surface area contributed by atoms with Crippen LogP contribution < -0.4 is 5.32 Å². The molecule has 3 nitrogen and oxygen atoms in total. The Kier molecular flexibility index (Phi) is 8.10. The molecule has 29 heavy (non-hydrogen) atoms. The Morgan fingerprint density at radius 2 is 1.72 bits per heavy atom. The summed E-state index contributed by atoms with van der Waals surface area (Å²) in [6.07, 6.45) is 5.58. The van der Waals surface area contributed by atoms with E-state index in [-0.39, 0.29) is 24.4 Å². The van der Waals surface area contributed by atoms with Crippen LogP contribution in [-0.4, -0.2) is 30.4 Å². The van der Waals surface area contributed by atoms with E-state index in [1.165, 1.54) is 41.3 Å². The highest BCUT2D eigenvalue weighted by atomic mass is 35.5. The second kappa shape index (κ2) is 10.8. The summed E-state index contributed by atoms with van der Waals surface area (Å²) in [6, 6.07) is 19.1. The zero-order chi connectivity index (χ0) is 19.2. The van der Waals surface area contributed by atoms with E-state index < -0.39 is 0 Å². The maximum atomic E-state index is 12.8. The zero-order valence-corrected chi connectivity index (χ0v) is 18.3. The third-order valence-corrected chi connectivity index (χ3v) is 6.65. The molecule has 1 fully saturated rings. The summed E-state index contributed by atoms with van der Waals surface area (Å²) in [5, 5.41) is 7.72. The first-order valence-electron chi connectivity index (χ1n) is 10.3. The first-order chi connectivity index (χ1) is 13.8. The first kappa shape index (κ1) is 21.8. The van der Waals surface area contributed by atoms with Crippen molar-refractivity contribution in [3.8, 4) is 0 Å². The predicted octanol–water partition coefficient (Wildman–Crippen LogP) is 5.60. The number of carbonyl (C=O) groups excluding carboxylic acids is 1. The molecule has 0 radical (unpaired) electrons. The Morgan fingerprint density at radius 1 is 0.966 bits per heavy atom. The van der Waals surface area contributed by atoms with Crippen molar-refractivity contribution in [1.82, 2.24) is 10.2 Å². The van der Waals surface area contributed by atoms with Gasteiger partial charge in [0.25, 0.3) is 0 Å². The molecule has 1 atom stereocenters. The van der Waals surface area contributed by atoms with Crippen LogP contribution in [0.2, 0.25) is 0 Å². The average molecular weight is 429 g/mol. The molecule has 3 aromatic rings. The molecule has 0 spiro atoms. The Hall–Kier alpha value is -1.88. The molecule has 2 aromatic carbocycles. The van der Waals surface area contributed by atoms with Gasteiger partial charge in [-0.15, -0.1) is 23.7 Å². The summed E-state index contributed by atoms with van der Waals surface area (Å²) in [4.78, 5) is 16.7. The molecular formula is C24H29ClN2OS. The molecule has 5 heteroatoms. The second-order valence-corrected chi connectivity index (χ2v) is 8.58. The standard InChI is InChI=1S/C24H28N2OS.ClH/c27-24(17-20-11-7-10-19-9-3-4-12-21(19)20)25-18-22(23-13-8-16-28-23)26-14-5-1-2-6-15-26;/h3-4,7-13,16,22H,1-2,5-6,14-15,17-18H2,(H,25,27);1H. The predicted molar refractivity (Wildman–Crippen MR) is 125 cm³/mol. The minimum atomic E-state index is 0. The molecule has 1 aliphatic rings. The smallest absolute Gasteiger partial charge is 0.224 e. The van der Waals surface area contributed by atoms with Crippen molar-refractivity contribution in [3.05, 3.63) is 70.4 Å². The molecule has 154 valence electrons. The van der Waals surface area contributed by atoms with Crippen molar-refractivity contribution in [3.63, 3.8) is 0 Å². The van der Waals surface area contributed by atoms with Crippen molar-refractivity contribution >= 4 is 40.4 Å². The van der Waals surface area contributed by atoms with Crippen LogP contribution in [0.25, 0.3) is 10.8 Å². The van der Waals surface area contributed by atoms with Gasteiger partial charge in [0.05, 0.1) is 12.5 Å². The average Bonchev–Trinajstić information content (AvgIpc) is 3.11. The molecule has 2 heterocycles. The molecule has 1 saturated heterocycles. The van der Waals surface area contributed by atoms with E-state index in [1.807, 2.05) is 18.2 Å². The topological polar surface area (TPSA) is 32.3 Å². The summed E-state index contributed by atoms with van der Waals surface area (Å²) < 4.78 is 0. The summed E-state index contributed by atoms with van der Waals surface area (Å²) in [7, 11) is 0. The molecule has 1 amide bonds. The number of halogens is 1. The summed E-state index contributed by atoms with van der Waals surface area (Å²) >= 11 is 1.80. The highest BCUT2D eigenvalue weighted by Crippen LogP contribution is 2.27. The number of carbonyl (C=O) groups is 1. The minimum absolute atomic E-state index is 0. The molecule has 1 aromatic heterocycles. The second-order valence-electron chi connectivity index (χ2n) is 7.60. The lowest BCUT2D eigenvalue weighted by molar-refractivity contribution is -0.120. The Bertz CT molecular complexity index is 899. The van der Waals surface area contributed by atoms with Gasteiger partial charge in [0.15, 0.2) is 0 Å². The first-order valence-corrected chi connectivity index (χ1v) is 11.2. The maximum Gasteiger partial charge on any atom is 0.224 e. The fraction of sp³-hybridized carbons (Fsp3) is 0.375. The fourth-order valence-electron chi connectivity index (χ4n) is 4.19. The fourth-order valence-corrected chi connectivity index (χ4v) is 5.05. The lowest BCUT2D eigenvalue weighted by atomic mass is 10.0. The number of rotatable bonds is 6. The van der Waals surface area contributed by atoms with Crippen molar-refractivity contribution in [1.29, 1.82) is 0 Å². The van der Waals surface area contributed by atoms with E-state index in [0.717, 1.165) is 18.7 Å². The number of hydrogen-bond acceptors (Lipinski definition) is 3. The van der Waals surface area contributed by atoms with E-state index in [9.17, 15) is 4.79 Å². The van der Waals surface area contributed by atoms with Crippen LogP contribution in [-0.2, 0) is 11.2 Å². The highest BCUT2D eigenvalue weighted by molar-refractivity contribution is 7.10. The summed E-state index contributed by atoms with van der Waals surface area (Å²) in [6.45, 7) is 2.94. The lowest BCUT2D eigenvalue weighted by Gasteiger charge is -2.30. The normalized spacial score (nSPS) is 16.0. The van der Waals surface area contributed by atoms with Gasteiger partial charge in [-0.3, -0.25) is 9.69 Å². The Balaban J connectivity index is 0.00000240. The number of thiophene rings is 1. The summed E-state index contributed by atoms with van der Waals surface area (Å²) in [5.74, 6) is 0.104. The molecule has 1 unspecified atom stereocenters. The molecule has 1 N–H and O–H groups in total. The largest absolute Gasteiger partial charge is 0.354 e. The SMILES string of the molecule is Cl.O=C(Cc1cccc2ccccc12)NCC(c1cccs1)N1CCCCCC1. The maximum absolute atomic E-state index is 12.8. The monoisotopic (exact) mass is 428 g/mol. The van der Waals surface area contributed by atoms with Crippen LogP contribution in [0.4, 0.5) is 0 Å². The van der Waals surface area contributed by atoms with Gasteiger partial charge in [0.1, 0.15) is 0 Å². The van der Waals surface area contributed by atoms with Crippen molar-refractivity contribution < 1.29 is 4.79 Å². The molecule has 4 rings (SSSR count). The molecule has 0 aliphatic carbocycles. The van der Waals surface area contributed by atoms with Gasteiger partial charge in [-0.1, -0.05) is 61.4 Å². The third-order valence-electron chi connectivity index (χ3n) is 5.68. The quantitative estimate of drug-likeness (QED) is 0.554. The van der Waals surface area contributed by atoms with E-state index in [0.29, 0.717) is 13.0 Å².